The maximum Gasteiger partial charge on any atom is 0.261 e. The molecule has 0 aromatic carbocycles. The van der Waals surface area contributed by atoms with E-state index < -0.39 is 0 Å². The predicted molar refractivity (Wildman–Crippen MR) is 66.9 cm³/mol. The Kier molecular flexibility index (Phi) is 6.11. The van der Waals surface area contributed by atoms with Crippen molar-refractivity contribution < 1.29 is 9.90 Å². The fourth-order valence-corrected chi connectivity index (χ4v) is 2.22. The van der Waals surface area contributed by atoms with E-state index >= 15 is 0 Å². The van der Waals surface area contributed by atoms with E-state index in [0.29, 0.717) is 0 Å². The summed E-state index contributed by atoms with van der Waals surface area (Å²) in [7, 11) is 0. The number of carbonyl (C=O) groups excluding carboxylic acids is 1. The van der Waals surface area contributed by atoms with Crippen molar-refractivity contribution in [2.45, 2.75) is 32.6 Å². The number of hydrogen-bond acceptors (Lipinski definition) is 3. The number of hydrogen-bond donors (Lipinski definition) is 2. The molecule has 0 saturated carbocycles. The number of carbonyl (C=O) groups is 1. The molecule has 0 aliphatic carbocycles. The van der Waals surface area contributed by atoms with Crippen molar-refractivity contribution >= 4 is 17.2 Å². The summed E-state index contributed by atoms with van der Waals surface area (Å²) in [5, 5.41) is 11.5. The Morgan fingerprint density at radius 2 is 2.06 bits per heavy atom. The van der Waals surface area contributed by atoms with E-state index in [0.717, 1.165) is 42.0 Å². The van der Waals surface area contributed by atoms with Gasteiger partial charge in [-0.2, -0.15) is 0 Å². The van der Waals surface area contributed by atoms with Gasteiger partial charge in [-0.3, -0.25) is 4.79 Å². The van der Waals surface area contributed by atoms with E-state index in [9.17, 15) is 4.79 Å². The summed E-state index contributed by atoms with van der Waals surface area (Å²) in [6.07, 6.45) is 3.93. The van der Waals surface area contributed by atoms with Gasteiger partial charge in [-0.25, -0.2) is 0 Å². The van der Waals surface area contributed by atoms with Crippen LogP contribution < -0.4 is 5.32 Å². The lowest BCUT2D eigenvalue weighted by Crippen LogP contribution is -2.23. The van der Waals surface area contributed by atoms with E-state index in [1.807, 2.05) is 19.1 Å². The Labute approximate surface area is 100 Å². The van der Waals surface area contributed by atoms with Crippen LogP contribution in [-0.2, 0) is 0 Å². The third kappa shape index (κ3) is 4.77. The molecule has 0 bridgehead atoms. The number of unbranched alkanes of at least 4 members (excludes halogenated alkanes) is 3. The summed E-state index contributed by atoms with van der Waals surface area (Å²) in [4.78, 5) is 13.6. The van der Waals surface area contributed by atoms with Gasteiger partial charge in [0, 0.05) is 18.0 Å². The van der Waals surface area contributed by atoms with Crippen molar-refractivity contribution in [2.24, 2.45) is 0 Å². The quantitative estimate of drug-likeness (QED) is 0.720. The summed E-state index contributed by atoms with van der Waals surface area (Å²) in [6, 6.07) is 3.82. The third-order valence-corrected chi connectivity index (χ3v) is 3.33. The standard InChI is InChI=1S/C12H19NO2S/c1-10-6-7-11(16-10)12(15)13-8-4-2-3-5-9-14/h6-7,14H,2-5,8-9H2,1H3,(H,13,15). The minimum absolute atomic E-state index is 0.0280. The Morgan fingerprint density at radius 1 is 1.31 bits per heavy atom. The number of thiophene rings is 1. The second kappa shape index (κ2) is 7.41. The van der Waals surface area contributed by atoms with Gasteiger partial charge in [0.1, 0.15) is 0 Å². The van der Waals surface area contributed by atoms with Gasteiger partial charge >= 0.3 is 0 Å². The highest BCUT2D eigenvalue weighted by Crippen LogP contribution is 2.14. The fraction of sp³-hybridized carbons (Fsp3) is 0.583. The number of amides is 1. The van der Waals surface area contributed by atoms with Gasteiger partial charge in [-0.15, -0.1) is 11.3 Å². The normalized spacial score (nSPS) is 10.4. The van der Waals surface area contributed by atoms with Crippen LogP contribution in [0.3, 0.4) is 0 Å². The van der Waals surface area contributed by atoms with Crippen molar-refractivity contribution in [1.82, 2.24) is 5.32 Å². The minimum Gasteiger partial charge on any atom is -0.396 e. The molecule has 0 saturated heterocycles. The molecule has 1 heterocycles. The second-order valence-corrected chi connectivity index (χ2v) is 5.09. The Hall–Kier alpha value is -0.870. The number of aliphatic hydroxyl groups is 1. The first kappa shape index (κ1) is 13.2. The van der Waals surface area contributed by atoms with E-state index in [1.54, 1.807) is 0 Å². The van der Waals surface area contributed by atoms with Crippen LogP contribution in [0.5, 0.6) is 0 Å². The molecule has 0 fully saturated rings. The highest BCUT2D eigenvalue weighted by molar-refractivity contribution is 7.13. The molecule has 2 N–H and O–H groups in total. The molecule has 0 atom stereocenters. The summed E-state index contributed by atoms with van der Waals surface area (Å²) < 4.78 is 0. The molecule has 4 heteroatoms. The van der Waals surface area contributed by atoms with Gasteiger partial charge < -0.3 is 10.4 Å². The molecule has 16 heavy (non-hydrogen) atoms. The smallest absolute Gasteiger partial charge is 0.261 e. The van der Waals surface area contributed by atoms with Gasteiger partial charge in [0.2, 0.25) is 0 Å². The molecule has 0 radical (unpaired) electrons. The maximum absolute atomic E-state index is 11.6. The Balaban J connectivity index is 2.11. The van der Waals surface area contributed by atoms with Crippen molar-refractivity contribution in [3.05, 3.63) is 21.9 Å². The van der Waals surface area contributed by atoms with Crippen LogP contribution in [0, 0.1) is 6.92 Å². The minimum atomic E-state index is 0.0280. The van der Waals surface area contributed by atoms with Crippen molar-refractivity contribution in [3.63, 3.8) is 0 Å². The maximum atomic E-state index is 11.6. The number of aliphatic hydroxyl groups excluding tert-OH is 1. The Bertz CT molecular complexity index is 323. The molecule has 1 amide bonds. The predicted octanol–water partition coefficient (Wildman–Crippen LogP) is 2.34. The van der Waals surface area contributed by atoms with Gasteiger partial charge in [-0.05, 0) is 31.9 Å². The Morgan fingerprint density at radius 3 is 2.69 bits per heavy atom. The molecule has 1 aromatic heterocycles. The van der Waals surface area contributed by atoms with Crippen LogP contribution in [-0.4, -0.2) is 24.2 Å². The van der Waals surface area contributed by atoms with E-state index in [-0.39, 0.29) is 12.5 Å². The SMILES string of the molecule is Cc1ccc(C(=O)NCCCCCCO)s1. The topological polar surface area (TPSA) is 49.3 Å². The molecule has 0 spiro atoms. The summed E-state index contributed by atoms with van der Waals surface area (Å²) in [6.45, 7) is 2.98. The van der Waals surface area contributed by atoms with Crippen molar-refractivity contribution in [3.8, 4) is 0 Å². The number of rotatable bonds is 7. The lowest BCUT2D eigenvalue weighted by Gasteiger charge is -2.02. The largest absolute Gasteiger partial charge is 0.396 e. The van der Waals surface area contributed by atoms with Gasteiger partial charge in [-0.1, -0.05) is 12.8 Å². The molecule has 0 aliphatic heterocycles. The van der Waals surface area contributed by atoms with Crippen LogP contribution in [0.15, 0.2) is 12.1 Å². The van der Waals surface area contributed by atoms with E-state index in [2.05, 4.69) is 5.32 Å². The van der Waals surface area contributed by atoms with Crippen molar-refractivity contribution in [2.75, 3.05) is 13.2 Å². The highest BCUT2D eigenvalue weighted by Gasteiger charge is 2.06. The number of aryl methyl sites for hydroxylation is 1. The zero-order valence-electron chi connectivity index (χ0n) is 9.66. The molecular weight excluding hydrogens is 222 g/mol. The zero-order valence-corrected chi connectivity index (χ0v) is 10.5. The summed E-state index contributed by atoms with van der Waals surface area (Å²) in [5.74, 6) is 0.0280. The zero-order chi connectivity index (χ0) is 11.8. The van der Waals surface area contributed by atoms with Crippen LogP contribution in [0.4, 0.5) is 0 Å². The molecular formula is C12H19NO2S. The van der Waals surface area contributed by atoms with Crippen LogP contribution >= 0.6 is 11.3 Å². The van der Waals surface area contributed by atoms with Crippen molar-refractivity contribution in [1.29, 1.82) is 0 Å². The summed E-state index contributed by atoms with van der Waals surface area (Å²) in [5.41, 5.74) is 0. The van der Waals surface area contributed by atoms with Gasteiger partial charge in [0.25, 0.3) is 5.91 Å². The van der Waals surface area contributed by atoms with Gasteiger partial charge in [0.15, 0.2) is 0 Å². The first-order valence-corrected chi connectivity index (χ1v) is 6.51. The van der Waals surface area contributed by atoms with E-state index in [1.165, 1.54) is 11.3 Å². The summed E-state index contributed by atoms with van der Waals surface area (Å²) >= 11 is 1.52. The van der Waals surface area contributed by atoms with Crippen LogP contribution in [0.1, 0.15) is 40.2 Å². The second-order valence-electron chi connectivity index (χ2n) is 3.80. The highest BCUT2D eigenvalue weighted by atomic mass is 32.1. The molecule has 1 rings (SSSR count). The van der Waals surface area contributed by atoms with Gasteiger partial charge in [0.05, 0.1) is 4.88 Å². The lowest BCUT2D eigenvalue weighted by molar-refractivity contribution is 0.0957. The first-order valence-electron chi connectivity index (χ1n) is 5.69. The molecule has 90 valence electrons. The molecule has 3 nitrogen and oxygen atoms in total. The number of nitrogens with one attached hydrogen (secondary N) is 1. The third-order valence-electron chi connectivity index (χ3n) is 2.33. The lowest BCUT2D eigenvalue weighted by atomic mass is 10.2. The molecule has 0 aliphatic rings. The average molecular weight is 241 g/mol. The molecule has 1 aromatic rings. The van der Waals surface area contributed by atoms with E-state index in [4.69, 9.17) is 5.11 Å². The first-order chi connectivity index (χ1) is 7.74. The average Bonchev–Trinajstić information content (AvgIpc) is 2.70. The van der Waals surface area contributed by atoms with Crippen LogP contribution in [0.2, 0.25) is 0 Å². The molecule has 0 unspecified atom stereocenters. The monoisotopic (exact) mass is 241 g/mol. The van der Waals surface area contributed by atoms with Crippen LogP contribution in [0.25, 0.3) is 0 Å². The fourth-order valence-electron chi connectivity index (χ4n) is 1.44.